The van der Waals surface area contributed by atoms with Crippen LogP contribution in [0.15, 0.2) is 40.9 Å². The molecule has 6 nitrogen and oxygen atoms in total. The summed E-state index contributed by atoms with van der Waals surface area (Å²) in [5.41, 5.74) is 0.791. The minimum Gasteiger partial charge on any atom is -0.497 e. The first-order valence-corrected chi connectivity index (χ1v) is 8.91. The van der Waals surface area contributed by atoms with Crippen LogP contribution in [-0.4, -0.2) is 32.4 Å². The third-order valence-corrected chi connectivity index (χ3v) is 4.52. The number of benzene rings is 2. The van der Waals surface area contributed by atoms with Gasteiger partial charge in [-0.25, -0.2) is 4.79 Å². The molecule has 7 heteroatoms. The lowest BCUT2D eigenvalue weighted by Gasteiger charge is -2.20. The summed E-state index contributed by atoms with van der Waals surface area (Å²) in [4.78, 5) is 12.2. The van der Waals surface area contributed by atoms with Crippen LogP contribution in [0.1, 0.15) is 12.5 Å². The molecule has 0 radical (unpaired) electrons. The van der Waals surface area contributed by atoms with Crippen LogP contribution in [0, 0.1) is 0 Å². The van der Waals surface area contributed by atoms with E-state index in [0.29, 0.717) is 30.5 Å². The molecule has 0 N–H and O–H groups in total. The van der Waals surface area contributed by atoms with E-state index in [9.17, 15) is 4.79 Å². The topological polar surface area (TPSA) is 63.2 Å². The van der Waals surface area contributed by atoms with E-state index in [0.717, 1.165) is 15.8 Å². The summed E-state index contributed by atoms with van der Waals surface area (Å²) in [5, 5.41) is 0. The lowest BCUT2D eigenvalue weighted by molar-refractivity contribution is -0.152. The van der Waals surface area contributed by atoms with E-state index in [-0.39, 0.29) is 6.61 Å². The lowest BCUT2D eigenvalue weighted by atomic mass is 10.2. The number of ether oxygens (including phenoxy) is 5. The number of fused-ring (bicyclic) bond motifs is 1. The van der Waals surface area contributed by atoms with Crippen LogP contribution in [0.5, 0.6) is 23.0 Å². The van der Waals surface area contributed by atoms with Gasteiger partial charge in [-0.1, -0.05) is 15.9 Å². The zero-order valence-corrected chi connectivity index (χ0v) is 16.1. The molecule has 2 aromatic carbocycles. The predicted molar refractivity (Wildman–Crippen MR) is 98.0 cm³/mol. The van der Waals surface area contributed by atoms with Gasteiger partial charge in [0.25, 0.3) is 0 Å². The fourth-order valence-electron chi connectivity index (χ4n) is 2.39. The van der Waals surface area contributed by atoms with E-state index in [2.05, 4.69) is 15.9 Å². The van der Waals surface area contributed by atoms with E-state index >= 15 is 0 Å². The van der Waals surface area contributed by atoms with E-state index in [4.69, 9.17) is 23.7 Å². The van der Waals surface area contributed by atoms with Gasteiger partial charge in [0.15, 0.2) is 17.6 Å². The van der Waals surface area contributed by atoms with Crippen molar-refractivity contribution in [3.63, 3.8) is 0 Å². The van der Waals surface area contributed by atoms with Gasteiger partial charge in [-0.15, -0.1) is 0 Å². The highest BCUT2D eigenvalue weighted by Crippen LogP contribution is 2.35. The first-order valence-electron chi connectivity index (χ1n) is 8.12. The van der Waals surface area contributed by atoms with Crippen molar-refractivity contribution in [2.45, 2.75) is 19.6 Å². The molecule has 2 aromatic rings. The fraction of sp³-hybridized carbons (Fsp3) is 0.316. The quantitative estimate of drug-likeness (QED) is 0.660. The SMILES string of the molecule is COc1ccc(OC(C)C(=O)OCc2cc3c(cc2Br)OCCO3)cc1. The molecule has 0 saturated carbocycles. The third kappa shape index (κ3) is 4.40. The van der Waals surface area contributed by atoms with E-state index < -0.39 is 12.1 Å². The molecule has 0 fully saturated rings. The molecule has 0 amide bonds. The Hall–Kier alpha value is -2.41. The molecule has 3 rings (SSSR count). The Morgan fingerprint density at radius 3 is 2.38 bits per heavy atom. The van der Waals surface area contributed by atoms with Crippen LogP contribution in [0.3, 0.4) is 0 Å². The normalized spacial score (nSPS) is 13.7. The number of esters is 1. The van der Waals surface area contributed by atoms with Crippen LogP contribution in [0.25, 0.3) is 0 Å². The molecular formula is C19H19BrO6. The predicted octanol–water partition coefficient (Wildman–Crippen LogP) is 3.74. The number of hydrogen-bond acceptors (Lipinski definition) is 6. The first-order chi connectivity index (χ1) is 12.6. The molecule has 0 spiro atoms. The number of methoxy groups -OCH3 is 1. The maximum Gasteiger partial charge on any atom is 0.347 e. The average Bonchev–Trinajstić information content (AvgIpc) is 2.66. The van der Waals surface area contributed by atoms with Gasteiger partial charge in [0, 0.05) is 10.0 Å². The maximum absolute atomic E-state index is 12.2. The molecule has 1 atom stereocenters. The number of halogens is 1. The van der Waals surface area contributed by atoms with Crippen molar-refractivity contribution < 1.29 is 28.5 Å². The van der Waals surface area contributed by atoms with E-state index in [1.165, 1.54) is 0 Å². The first kappa shape index (κ1) is 18.4. The second-order valence-corrected chi connectivity index (χ2v) is 6.48. The Balaban J connectivity index is 1.57. The highest BCUT2D eigenvalue weighted by Gasteiger charge is 2.19. The molecule has 1 heterocycles. The summed E-state index contributed by atoms with van der Waals surface area (Å²) in [5.74, 6) is 2.15. The van der Waals surface area contributed by atoms with Gasteiger partial charge in [0.2, 0.25) is 0 Å². The molecule has 138 valence electrons. The van der Waals surface area contributed by atoms with Gasteiger partial charge in [0.1, 0.15) is 31.3 Å². The van der Waals surface area contributed by atoms with Crippen LogP contribution in [0.4, 0.5) is 0 Å². The molecular weight excluding hydrogens is 404 g/mol. The number of carbonyl (C=O) groups is 1. The van der Waals surface area contributed by atoms with Crippen molar-refractivity contribution in [2.75, 3.05) is 20.3 Å². The van der Waals surface area contributed by atoms with Crippen molar-refractivity contribution in [1.82, 2.24) is 0 Å². The highest BCUT2D eigenvalue weighted by molar-refractivity contribution is 9.10. The molecule has 0 bridgehead atoms. The van der Waals surface area contributed by atoms with Gasteiger partial charge >= 0.3 is 5.97 Å². The summed E-state index contributed by atoms with van der Waals surface area (Å²) in [6.07, 6.45) is -0.737. The fourth-order valence-corrected chi connectivity index (χ4v) is 2.83. The monoisotopic (exact) mass is 422 g/mol. The van der Waals surface area contributed by atoms with Crippen LogP contribution in [0.2, 0.25) is 0 Å². The zero-order valence-electron chi connectivity index (χ0n) is 14.5. The van der Waals surface area contributed by atoms with E-state index in [1.807, 2.05) is 6.07 Å². The summed E-state index contributed by atoms with van der Waals surface area (Å²) in [7, 11) is 1.59. The molecule has 1 unspecified atom stereocenters. The van der Waals surface area contributed by atoms with Crippen molar-refractivity contribution in [3.8, 4) is 23.0 Å². The Kier molecular flexibility index (Phi) is 5.88. The van der Waals surface area contributed by atoms with Gasteiger partial charge < -0.3 is 23.7 Å². The van der Waals surface area contributed by atoms with Gasteiger partial charge in [0.05, 0.1) is 7.11 Å². The van der Waals surface area contributed by atoms with Gasteiger partial charge in [-0.05, 0) is 43.3 Å². The van der Waals surface area contributed by atoms with Crippen molar-refractivity contribution >= 4 is 21.9 Å². The highest BCUT2D eigenvalue weighted by atomic mass is 79.9. The summed E-state index contributed by atoms with van der Waals surface area (Å²) < 4.78 is 27.9. The molecule has 0 aromatic heterocycles. The van der Waals surface area contributed by atoms with Crippen molar-refractivity contribution in [1.29, 1.82) is 0 Å². The Bertz CT molecular complexity index is 774. The summed E-state index contributed by atoms with van der Waals surface area (Å²) in [6, 6.07) is 10.6. The number of carbonyl (C=O) groups excluding carboxylic acids is 1. The molecule has 26 heavy (non-hydrogen) atoms. The Labute approximate surface area is 160 Å². The molecule has 0 aliphatic carbocycles. The minimum absolute atomic E-state index is 0.104. The zero-order chi connectivity index (χ0) is 18.5. The van der Waals surface area contributed by atoms with Crippen molar-refractivity contribution in [2.24, 2.45) is 0 Å². The molecule has 1 aliphatic rings. The Morgan fingerprint density at radius 1 is 1.12 bits per heavy atom. The van der Waals surface area contributed by atoms with Gasteiger partial charge in [-0.2, -0.15) is 0 Å². The van der Waals surface area contributed by atoms with Crippen molar-refractivity contribution in [3.05, 3.63) is 46.4 Å². The Morgan fingerprint density at radius 2 is 1.73 bits per heavy atom. The standard InChI is InChI=1S/C19H19BrO6/c1-12(26-15-5-3-14(22-2)4-6-15)19(21)25-11-13-9-17-18(10-16(13)20)24-8-7-23-17/h3-6,9-10,12H,7-8,11H2,1-2H3. The van der Waals surface area contributed by atoms with Crippen LogP contribution in [-0.2, 0) is 16.1 Å². The van der Waals surface area contributed by atoms with E-state index in [1.54, 1.807) is 44.4 Å². The third-order valence-electron chi connectivity index (χ3n) is 3.79. The second-order valence-electron chi connectivity index (χ2n) is 5.63. The minimum atomic E-state index is -0.737. The van der Waals surface area contributed by atoms with Gasteiger partial charge in [-0.3, -0.25) is 0 Å². The average molecular weight is 423 g/mol. The lowest BCUT2D eigenvalue weighted by Crippen LogP contribution is -2.26. The molecule has 0 saturated heterocycles. The maximum atomic E-state index is 12.2. The van der Waals surface area contributed by atoms with Crippen LogP contribution >= 0.6 is 15.9 Å². The largest absolute Gasteiger partial charge is 0.497 e. The second kappa shape index (κ2) is 8.31. The molecule has 1 aliphatic heterocycles. The number of rotatable bonds is 6. The number of hydrogen-bond donors (Lipinski definition) is 0. The van der Waals surface area contributed by atoms with Crippen LogP contribution < -0.4 is 18.9 Å². The summed E-state index contributed by atoms with van der Waals surface area (Å²) in [6.45, 7) is 2.77. The summed E-state index contributed by atoms with van der Waals surface area (Å²) >= 11 is 3.46. The smallest absolute Gasteiger partial charge is 0.347 e.